The highest BCUT2D eigenvalue weighted by atomic mass is 16.6. The molecule has 34 heavy (non-hydrogen) atoms. The number of methoxy groups -OCH3 is 1. The molecule has 0 fully saturated rings. The number of ether oxygens (including phenoxy) is 5. The lowest BCUT2D eigenvalue weighted by Gasteiger charge is -2.25. The van der Waals surface area contributed by atoms with E-state index in [1.807, 2.05) is 32.9 Å². The van der Waals surface area contributed by atoms with Gasteiger partial charge in [0, 0.05) is 11.1 Å². The molecule has 0 saturated heterocycles. The molecule has 7 heteroatoms. The van der Waals surface area contributed by atoms with Gasteiger partial charge in [0.2, 0.25) is 0 Å². The van der Waals surface area contributed by atoms with Gasteiger partial charge in [0.25, 0.3) is 6.47 Å². The topological polar surface area (TPSA) is 80.3 Å². The lowest BCUT2D eigenvalue weighted by Crippen LogP contribution is -2.16. The standard InChI is InChI=1S/C27H34O7/c1-16(2)9-10-31-23-13-18(5)12-19-14-32-27(29)24-21(34-25(19)23)8-7-20(26(24)30-6)22(33-15-28)11-17(3)4/h7-8,12-13,15-17,22H,9-11,14H2,1-6H3. The van der Waals surface area contributed by atoms with Gasteiger partial charge < -0.3 is 23.7 Å². The van der Waals surface area contributed by atoms with Crippen LogP contribution in [0.4, 0.5) is 0 Å². The zero-order valence-electron chi connectivity index (χ0n) is 20.8. The van der Waals surface area contributed by atoms with Gasteiger partial charge in [-0.3, -0.25) is 4.79 Å². The van der Waals surface area contributed by atoms with Gasteiger partial charge in [0.1, 0.15) is 29.8 Å². The third-order valence-corrected chi connectivity index (χ3v) is 5.61. The van der Waals surface area contributed by atoms with E-state index in [-0.39, 0.29) is 23.8 Å². The Kier molecular flexibility index (Phi) is 8.42. The molecule has 1 atom stereocenters. The fourth-order valence-corrected chi connectivity index (χ4v) is 3.96. The van der Waals surface area contributed by atoms with Gasteiger partial charge >= 0.3 is 5.97 Å². The van der Waals surface area contributed by atoms with Crippen LogP contribution in [0.3, 0.4) is 0 Å². The highest BCUT2D eigenvalue weighted by molar-refractivity contribution is 5.96. The molecule has 1 heterocycles. The van der Waals surface area contributed by atoms with Crippen LogP contribution in [0.25, 0.3) is 0 Å². The van der Waals surface area contributed by atoms with Gasteiger partial charge in [0.05, 0.1) is 13.7 Å². The van der Waals surface area contributed by atoms with Crippen molar-refractivity contribution in [2.45, 2.75) is 60.2 Å². The van der Waals surface area contributed by atoms with Crippen LogP contribution in [0.15, 0.2) is 24.3 Å². The van der Waals surface area contributed by atoms with E-state index in [0.717, 1.165) is 17.5 Å². The molecule has 0 bridgehead atoms. The fourth-order valence-electron chi connectivity index (χ4n) is 3.96. The molecule has 0 aliphatic carbocycles. The minimum atomic E-state index is -0.572. The zero-order chi connectivity index (χ0) is 24.8. The first-order valence-corrected chi connectivity index (χ1v) is 11.7. The lowest BCUT2D eigenvalue weighted by atomic mass is 9.96. The number of aryl methyl sites for hydroxylation is 1. The van der Waals surface area contributed by atoms with Crippen molar-refractivity contribution in [1.29, 1.82) is 0 Å². The Morgan fingerprint density at radius 3 is 2.53 bits per heavy atom. The minimum absolute atomic E-state index is 0.0312. The van der Waals surface area contributed by atoms with Crippen LogP contribution in [0.2, 0.25) is 0 Å². The van der Waals surface area contributed by atoms with E-state index in [9.17, 15) is 9.59 Å². The first-order valence-electron chi connectivity index (χ1n) is 11.7. The van der Waals surface area contributed by atoms with Crippen molar-refractivity contribution in [1.82, 2.24) is 0 Å². The molecular formula is C27H34O7. The molecule has 0 amide bonds. The maximum Gasteiger partial charge on any atom is 0.346 e. The SMILES string of the molecule is COc1c(C(CC(C)C)OC=O)ccc2c1C(=O)OCc1cc(C)cc(OCCC(C)C)c1O2. The summed E-state index contributed by atoms with van der Waals surface area (Å²) < 4.78 is 29.0. The first-order chi connectivity index (χ1) is 16.2. The van der Waals surface area contributed by atoms with Gasteiger partial charge in [-0.25, -0.2) is 4.79 Å². The number of esters is 1. The van der Waals surface area contributed by atoms with Crippen molar-refractivity contribution in [2.24, 2.45) is 11.8 Å². The van der Waals surface area contributed by atoms with Crippen molar-refractivity contribution in [3.05, 3.63) is 46.5 Å². The molecule has 184 valence electrons. The quantitative estimate of drug-likeness (QED) is 0.304. The number of rotatable bonds is 10. The Morgan fingerprint density at radius 1 is 1.12 bits per heavy atom. The summed E-state index contributed by atoms with van der Waals surface area (Å²) in [7, 11) is 1.47. The van der Waals surface area contributed by atoms with Crippen LogP contribution in [-0.2, 0) is 20.9 Å². The van der Waals surface area contributed by atoms with Crippen molar-refractivity contribution in [3.63, 3.8) is 0 Å². The Balaban J connectivity index is 2.08. The Morgan fingerprint density at radius 2 is 1.88 bits per heavy atom. The fraction of sp³-hybridized carbons (Fsp3) is 0.481. The average Bonchev–Trinajstić information content (AvgIpc) is 2.76. The molecule has 2 aromatic carbocycles. The van der Waals surface area contributed by atoms with Crippen LogP contribution < -0.4 is 14.2 Å². The highest BCUT2D eigenvalue weighted by Gasteiger charge is 2.31. The second kappa shape index (κ2) is 11.3. The normalized spacial score (nSPS) is 13.7. The summed E-state index contributed by atoms with van der Waals surface area (Å²) in [6.45, 7) is 11.3. The lowest BCUT2D eigenvalue weighted by molar-refractivity contribution is -0.134. The molecule has 1 aliphatic heterocycles. The molecule has 0 radical (unpaired) electrons. The van der Waals surface area contributed by atoms with E-state index >= 15 is 0 Å². The largest absolute Gasteiger partial charge is 0.495 e. The van der Waals surface area contributed by atoms with Crippen LogP contribution in [0.1, 0.15) is 73.7 Å². The molecule has 2 aromatic rings. The number of fused-ring (bicyclic) bond motifs is 2. The maximum absolute atomic E-state index is 13.1. The Hall–Kier alpha value is -3.22. The summed E-state index contributed by atoms with van der Waals surface area (Å²) in [5.74, 6) is 1.86. The van der Waals surface area contributed by atoms with Crippen molar-refractivity contribution < 1.29 is 33.3 Å². The molecular weight excluding hydrogens is 436 g/mol. The number of cyclic esters (lactones) is 1. The van der Waals surface area contributed by atoms with Gasteiger partial charge in [-0.05, 0) is 61.4 Å². The summed E-state index contributed by atoms with van der Waals surface area (Å²) in [5, 5.41) is 0. The maximum atomic E-state index is 13.1. The number of carbonyl (C=O) groups excluding carboxylic acids is 2. The summed E-state index contributed by atoms with van der Waals surface area (Å²) >= 11 is 0. The van der Waals surface area contributed by atoms with E-state index < -0.39 is 12.1 Å². The molecule has 3 rings (SSSR count). The smallest absolute Gasteiger partial charge is 0.346 e. The van der Waals surface area contributed by atoms with Crippen LogP contribution in [-0.4, -0.2) is 26.2 Å². The van der Waals surface area contributed by atoms with E-state index in [1.165, 1.54) is 7.11 Å². The number of hydrogen-bond donors (Lipinski definition) is 0. The first kappa shape index (κ1) is 25.4. The second-order valence-electron chi connectivity index (χ2n) is 9.37. The van der Waals surface area contributed by atoms with Crippen molar-refractivity contribution >= 4 is 12.4 Å². The van der Waals surface area contributed by atoms with Crippen molar-refractivity contribution in [2.75, 3.05) is 13.7 Å². The molecule has 1 unspecified atom stereocenters. The highest BCUT2D eigenvalue weighted by Crippen LogP contribution is 2.45. The van der Waals surface area contributed by atoms with Gasteiger partial charge in [-0.15, -0.1) is 0 Å². The molecule has 7 nitrogen and oxygen atoms in total. The zero-order valence-corrected chi connectivity index (χ0v) is 20.8. The van der Waals surface area contributed by atoms with Gasteiger partial charge in [-0.1, -0.05) is 27.7 Å². The third-order valence-electron chi connectivity index (χ3n) is 5.61. The Bertz CT molecular complexity index is 1030. The van der Waals surface area contributed by atoms with Gasteiger partial charge in [-0.2, -0.15) is 0 Å². The van der Waals surface area contributed by atoms with Gasteiger partial charge in [0.15, 0.2) is 11.5 Å². The molecule has 0 N–H and O–H groups in total. The molecule has 0 aromatic heterocycles. The third kappa shape index (κ3) is 5.82. The second-order valence-corrected chi connectivity index (χ2v) is 9.37. The van der Waals surface area contributed by atoms with E-state index in [2.05, 4.69) is 13.8 Å². The number of carbonyl (C=O) groups is 2. The number of hydrogen-bond acceptors (Lipinski definition) is 7. The van der Waals surface area contributed by atoms with Crippen LogP contribution in [0.5, 0.6) is 23.0 Å². The predicted octanol–water partition coefficient (Wildman–Crippen LogP) is 6.15. The molecule has 0 spiro atoms. The summed E-state index contributed by atoms with van der Waals surface area (Å²) in [6, 6.07) is 7.29. The van der Waals surface area contributed by atoms with E-state index in [0.29, 0.717) is 48.2 Å². The van der Waals surface area contributed by atoms with E-state index in [4.69, 9.17) is 23.7 Å². The summed E-state index contributed by atoms with van der Waals surface area (Å²) in [4.78, 5) is 24.3. The monoisotopic (exact) mass is 470 g/mol. The average molecular weight is 471 g/mol. The summed E-state index contributed by atoms with van der Waals surface area (Å²) in [6.07, 6.45) is 0.903. The number of benzene rings is 2. The summed E-state index contributed by atoms with van der Waals surface area (Å²) in [5.41, 5.74) is 2.45. The van der Waals surface area contributed by atoms with E-state index in [1.54, 1.807) is 12.1 Å². The molecule has 0 saturated carbocycles. The Labute approximate surface area is 201 Å². The predicted molar refractivity (Wildman–Crippen MR) is 128 cm³/mol. The van der Waals surface area contributed by atoms with Crippen molar-refractivity contribution in [3.8, 4) is 23.0 Å². The molecule has 1 aliphatic rings. The minimum Gasteiger partial charge on any atom is -0.495 e. The van der Waals surface area contributed by atoms with Crippen LogP contribution >= 0.6 is 0 Å². The van der Waals surface area contributed by atoms with Crippen LogP contribution in [0, 0.1) is 18.8 Å².